The van der Waals surface area contributed by atoms with Crippen LogP contribution in [0.3, 0.4) is 0 Å². The maximum atomic E-state index is 12.0. The second kappa shape index (κ2) is 9.42. The van der Waals surface area contributed by atoms with Crippen LogP contribution >= 0.6 is 0 Å². The predicted octanol–water partition coefficient (Wildman–Crippen LogP) is 4.93. The smallest absolute Gasteiger partial charge is 0.158 e. The number of para-hydroxylation sites is 1. The Morgan fingerprint density at radius 2 is 1.65 bits per heavy atom. The SMILES string of the molecule is C[C@H](CCOc1ccccc1)C(=O)/C=C/C=C/c1ccccc1. The molecule has 0 saturated carbocycles. The van der Waals surface area contributed by atoms with E-state index in [1.807, 2.05) is 79.7 Å². The second-order valence-corrected chi connectivity index (χ2v) is 5.38. The lowest BCUT2D eigenvalue weighted by Gasteiger charge is -2.09. The fourth-order valence-electron chi connectivity index (χ4n) is 2.06. The Hall–Kier alpha value is -2.61. The molecule has 0 bridgehead atoms. The normalized spacial score (nSPS) is 12.6. The first kappa shape index (κ1) is 16.8. The van der Waals surface area contributed by atoms with Gasteiger partial charge in [-0.1, -0.05) is 73.7 Å². The molecule has 0 amide bonds. The highest BCUT2D eigenvalue weighted by Gasteiger charge is 2.09. The van der Waals surface area contributed by atoms with Gasteiger partial charge in [-0.2, -0.15) is 0 Å². The van der Waals surface area contributed by atoms with Crippen molar-refractivity contribution in [3.8, 4) is 5.75 Å². The van der Waals surface area contributed by atoms with Crippen LogP contribution in [-0.2, 0) is 4.79 Å². The molecule has 0 unspecified atom stereocenters. The van der Waals surface area contributed by atoms with Crippen LogP contribution in [0.15, 0.2) is 78.9 Å². The Bertz CT molecular complexity index is 642. The van der Waals surface area contributed by atoms with Crippen LogP contribution in [0.1, 0.15) is 18.9 Å². The summed E-state index contributed by atoms with van der Waals surface area (Å²) in [5.41, 5.74) is 1.12. The van der Waals surface area contributed by atoms with Crippen molar-refractivity contribution < 1.29 is 9.53 Å². The molecule has 0 N–H and O–H groups in total. The first-order valence-electron chi connectivity index (χ1n) is 7.87. The van der Waals surface area contributed by atoms with Gasteiger partial charge in [0.25, 0.3) is 0 Å². The van der Waals surface area contributed by atoms with E-state index < -0.39 is 0 Å². The Kier molecular flexibility index (Phi) is 6.86. The molecule has 0 spiro atoms. The quantitative estimate of drug-likeness (QED) is 0.510. The highest BCUT2D eigenvalue weighted by Crippen LogP contribution is 2.11. The van der Waals surface area contributed by atoms with Gasteiger partial charge >= 0.3 is 0 Å². The molecule has 0 aliphatic carbocycles. The van der Waals surface area contributed by atoms with E-state index in [1.165, 1.54) is 0 Å². The van der Waals surface area contributed by atoms with Crippen molar-refractivity contribution in [3.63, 3.8) is 0 Å². The largest absolute Gasteiger partial charge is 0.494 e. The fourth-order valence-corrected chi connectivity index (χ4v) is 2.06. The van der Waals surface area contributed by atoms with Crippen molar-refractivity contribution >= 4 is 11.9 Å². The first-order chi connectivity index (χ1) is 11.3. The molecule has 2 nitrogen and oxygen atoms in total. The van der Waals surface area contributed by atoms with E-state index in [2.05, 4.69) is 0 Å². The minimum atomic E-state index is -0.0416. The number of ether oxygens (including phenoxy) is 1. The summed E-state index contributed by atoms with van der Waals surface area (Å²) in [6.45, 7) is 2.48. The summed E-state index contributed by atoms with van der Waals surface area (Å²) in [5, 5.41) is 0. The maximum absolute atomic E-state index is 12.0. The van der Waals surface area contributed by atoms with E-state index in [9.17, 15) is 4.79 Å². The zero-order chi connectivity index (χ0) is 16.3. The number of ketones is 1. The number of benzene rings is 2. The van der Waals surface area contributed by atoms with Gasteiger partial charge in [0.2, 0.25) is 0 Å². The van der Waals surface area contributed by atoms with Crippen molar-refractivity contribution in [1.82, 2.24) is 0 Å². The molecule has 118 valence electrons. The van der Waals surface area contributed by atoms with Crippen LogP contribution in [0.4, 0.5) is 0 Å². The molecule has 0 aliphatic heterocycles. The zero-order valence-electron chi connectivity index (χ0n) is 13.4. The molecule has 0 fully saturated rings. The van der Waals surface area contributed by atoms with Crippen LogP contribution in [0, 0.1) is 5.92 Å². The van der Waals surface area contributed by atoms with Gasteiger partial charge < -0.3 is 4.74 Å². The van der Waals surface area contributed by atoms with Gasteiger partial charge in [0.05, 0.1) is 6.61 Å². The lowest BCUT2D eigenvalue weighted by Crippen LogP contribution is -2.12. The molecule has 2 aromatic rings. The average Bonchev–Trinajstić information content (AvgIpc) is 2.60. The molecule has 2 aromatic carbocycles. The van der Waals surface area contributed by atoms with Gasteiger partial charge in [-0.15, -0.1) is 0 Å². The van der Waals surface area contributed by atoms with E-state index >= 15 is 0 Å². The standard InChI is InChI=1S/C21H22O2/c1-18(16-17-23-20-13-6-3-7-14-20)21(22)15-9-8-12-19-10-4-2-5-11-19/h2-15,18H,16-17H2,1H3/b12-8+,15-9+/t18-/m1/s1. The molecule has 23 heavy (non-hydrogen) atoms. The van der Waals surface area contributed by atoms with Gasteiger partial charge in [-0.25, -0.2) is 0 Å². The molecule has 0 aromatic heterocycles. The molecular formula is C21H22O2. The lowest BCUT2D eigenvalue weighted by atomic mass is 10.0. The van der Waals surface area contributed by atoms with Gasteiger partial charge in [-0.05, 0) is 30.2 Å². The molecule has 0 radical (unpaired) electrons. The summed E-state index contributed by atoms with van der Waals surface area (Å²) >= 11 is 0. The van der Waals surface area contributed by atoms with E-state index in [1.54, 1.807) is 12.2 Å². The Morgan fingerprint density at radius 3 is 2.35 bits per heavy atom. The number of rotatable bonds is 8. The third kappa shape index (κ3) is 6.35. The van der Waals surface area contributed by atoms with E-state index in [4.69, 9.17) is 4.74 Å². The highest BCUT2D eigenvalue weighted by atomic mass is 16.5. The van der Waals surface area contributed by atoms with Gasteiger partial charge in [-0.3, -0.25) is 4.79 Å². The topological polar surface area (TPSA) is 26.3 Å². The van der Waals surface area contributed by atoms with Crippen molar-refractivity contribution in [2.45, 2.75) is 13.3 Å². The van der Waals surface area contributed by atoms with Crippen molar-refractivity contribution in [2.24, 2.45) is 5.92 Å². The van der Waals surface area contributed by atoms with Gasteiger partial charge in [0.1, 0.15) is 5.75 Å². The lowest BCUT2D eigenvalue weighted by molar-refractivity contribution is -0.118. The van der Waals surface area contributed by atoms with E-state index in [-0.39, 0.29) is 11.7 Å². The number of allylic oxidation sites excluding steroid dienone is 3. The monoisotopic (exact) mass is 306 g/mol. The van der Waals surface area contributed by atoms with Gasteiger partial charge in [0, 0.05) is 5.92 Å². The van der Waals surface area contributed by atoms with E-state index in [0.29, 0.717) is 13.0 Å². The van der Waals surface area contributed by atoms with Crippen molar-refractivity contribution in [1.29, 1.82) is 0 Å². The van der Waals surface area contributed by atoms with Crippen LogP contribution < -0.4 is 4.74 Å². The third-order valence-corrected chi connectivity index (χ3v) is 3.51. The minimum Gasteiger partial charge on any atom is -0.494 e. The average molecular weight is 306 g/mol. The predicted molar refractivity (Wildman–Crippen MR) is 95.3 cm³/mol. The molecule has 2 heteroatoms. The van der Waals surface area contributed by atoms with Gasteiger partial charge in [0.15, 0.2) is 5.78 Å². The van der Waals surface area contributed by atoms with Crippen molar-refractivity contribution in [2.75, 3.05) is 6.61 Å². The maximum Gasteiger partial charge on any atom is 0.158 e. The Balaban J connectivity index is 1.72. The van der Waals surface area contributed by atoms with Crippen LogP contribution in [-0.4, -0.2) is 12.4 Å². The molecule has 1 atom stereocenters. The number of carbonyl (C=O) groups is 1. The van der Waals surface area contributed by atoms with Crippen molar-refractivity contribution in [3.05, 3.63) is 84.5 Å². The minimum absolute atomic E-state index is 0.0416. The number of hydrogen-bond acceptors (Lipinski definition) is 2. The summed E-state index contributed by atoms with van der Waals surface area (Å²) in [5.74, 6) is 0.924. The molecule has 0 aliphatic rings. The van der Waals surface area contributed by atoms with Crippen LogP contribution in [0.5, 0.6) is 5.75 Å². The van der Waals surface area contributed by atoms with E-state index in [0.717, 1.165) is 11.3 Å². The first-order valence-corrected chi connectivity index (χ1v) is 7.87. The molecular weight excluding hydrogens is 284 g/mol. The second-order valence-electron chi connectivity index (χ2n) is 5.38. The number of hydrogen-bond donors (Lipinski definition) is 0. The summed E-state index contributed by atoms with van der Waals surface area (Å²) < 4.78 is 5.62. The summed E-state index contributed by atoms with van der Waals surface area (Å²) in [6.07, 6.45) is 8.00. The molecule has 0 saturated heterocycles. The summed E-state index contributed by atoms with van der Waals surface area (Å²) in [7, 11) is 0. The molecule has 2 rings (SSSR count). The Labute approximate surface area is 138 Å². The Morgan fingerprint density at radius 1 is 1.00 bits per heavy atom. The summed E-state index contributed by atoms with van der Waals surface area (Å²) in [4.78, 5) is 12.0. The van der Waals surface area contributed by atoms with Crippen LogP contribution in [0.2, 0.25) is 0 Å². The number of carbonyl (C=O) groups excluding carboxylic acids is 1. The fraction of sp³-hybridized carbons (Fsp3) is 0.190. The molecule has 0 heterocycles. The third-order valence-electron chi connectivity index (χ3n) is 3.51. The summed E-state index contributed by atoms with van der Waals surface area (Å²) in [6, 6.07) is 19.7. The highest BCUT2D eigenvalue weighted by molar-refractivity contribution is 5.91. The van der Waals surface area contributed by atoms with Crippen LogP contribution in [0.25, 0.3) is 6.08 Å². The zero-order valence-corrected chi connectivity index (χ0v) is 13.4.